The Morgan fingerprint density at radius 3 is 2.85 bits per heavy atom. The number of ether oxygens (including phenoxy) is 1. The molecule has 2 aromatic rings. The molecule has 0 bridgehead atoms. The summed E-state index contributed by atoms with van der Waals surface area (Å²) in [7, 11) is 1.58. The summed E-state index contributed by atoms with van der Waals surface area (Å²) in [6.45, 7) is 4.87. The van der Waals surface area contributed by atoms with Crippen LogP contribution in [0.3, 0.4) is 0 Å². The number of methoxy groups -OCH3 is 1. The average Bonchev–Trinajstić information content (AvgIpc) is 2.84. The van der Waals surface area contributed by atoms with Crippen LogP contribution in [-0.2, 0) is 13.0 Å². The Hall–Kier alpha value is -1.99. The molecule has 0 amide bonds. The van der Waals surface area contributed by atoms with Crippen molar-refractivity contribution in [3.8, 4) is 5.88 Å². The monoisotopic (exact) mass is 276 g/mol. The molecule has 7 nitrogen and oxygen atoms in total. The van der Waals surface area contributed by atoms with Gasteiger partial charge in [0.05, 0.1) is 24.5 Å². The number of nitrogens with two attached hydrogens (primary N) is 1. The fourth-order valence-corrected chi connectivity index (χ4v) is 2.15. The van der Waals surface area contributed by atoms with Crippen molar-refractivity contribution in [1.82, 2.24) is 25.2 Å². The molecule has 3 N–H and O–H groups in total. The number of nitrogens with zero attached hydrogens (tertiary/aromatic N) is 4. The molecule has 1 unspecified atom stereocenters. The third-order valence-corrected chi connectivity index (χ3v) is 3.13. The summed E-state index contributed by atoms with van der Waals surface area (Å²) in [5, 5.41) is 4.43. The molecule has 108 valence electrons. The smallest absolute Gasteiger partial charge is 0.216 e. The van der Waals surface area contributed by atoms with Crippen molar-refractivity contribution in [3.05, 3.63) is 35.5 Å². The molecule has 2 rings (SSSR count). The molecular weight excluding hydrogens is 256 g/mol. The van der Waals surface area contributed by atoms with Crippen LogP contribution in [-0.4, -0.2) is 26.9 Å². The predicted molar refractivity (Wildman–Crippen MR) is 75.0 cm³/mol. The van der Waals surface area contributed by atoms with Gasteiger partial charge in [-0.3, -0.25) is 16.0 Å². The molecule has 0 aliphatic rings. The summed E-state index contributed by atoms with van der Waals surface area (Å²) in [4.78, 5) is 8.25. The molecule has 0 saturated carbocycles. The number of nitrogens with one attached hydrogen (secondary N) is 1. The lowest BCUT2D eigenvalue weighted by atomic mass is 10.1. The van der Waals surface area contributed by atoms with Gasteiger partial charge in [-0.2, -0.15) is 5.10 Å². The lowest BCUT2D eigenvalue weighted by Crippen LogP contribution is -2.31. The fraction of sp³-hybridized carbons (Fsp3) is 0.462. The van der Waals surface area contributed by atoms with E-state index in [4.69, 9.17) is 10.6 Å². The van der Waals surface area contributed by atoms with Crippen LogP contribution in [0, 0.1) is 6.92 Å². The SMILES string of the molecule is CCn1nc(C)cc1CC(NN)c1cc(OC)ncn1. The van der Waals surface area contributed by atoms with E-state index < -0.39 is 0 Å². The van der Waals surface area contributed by atoms with Gasteiger partial charge in [-0.15, -0.1) is 0 Å². The molecule has 1 atom stereocenters. The maximum atomic E-state index is 5.66. The van der Waals surface area contributed by atoms with Gasteiger partial charge >= 0.3 is 0 Å². The standard InChI is InChI=1S/C13H20N6O/c1-4-19-10(5-9(2)18-19)6-12(17-14)11-7-13(20-3)16-8-15-11/h5,7-8,12,17H,4,6,14H2,1-3H3. The molecule has 0 saturated heterocycles. The van der Waals surface area contributed by atoms with Gasteiger partial charge in [0.2, 0.25) is 5.88 Å². The number of hydrogen-bond donors (Lipinski definition) is 2. The summed E-state index contributed by atoms with van der Waals surface area (Å²) in [6, 6.07) is 3.73. The van der Waals surface area contributed by atoms with Crippen LogP contribution in [0.4, 0.5) is 0 Å². The molecule has 20 heavy (non-hydrogen) atoms. The zero-order chi connectivity index (χ0) is 14.5. The van der Waals surface area contributed by atoms with E-state index >= 15 is 0 Å². The third kappa shape index (κ3) is 3.12. The first kappa shape index (κ1) is 14.4. The highest BCUT2D eigenvalue weighted by atomic mass is 16.5. The Bertz CT molecular complexity index is 568. The largest absolute Gasteiger partial charge is 0.481 e. The lowest BCUT2D eigenvalue weighted by molar-refractivity contribution is 0.393. The van der Waals surface area contributed by atoms with E-state index in [0.717, 1.165) is 23.6 Å². The Kier molecular flexibility index (Phi) is 4.65. The van der Waals surface area contributed by atoms with E-state index in [0.29, 0.717) is 12.3 Å². The minimum Gasteiger partial charge on any atom is -0.481 e. The molecule has 2 aromatic heterocycles. The van der Waals surface area contributed by atoms with E-state index in [1.807, 2.05) is 11.6 Å². The van der Waals surface area contributed by atoms with Gasteiger partial charge in [-0.1, -0.05) is 0 Å². The van der Waals surface area contributed by atoms with Gasteiger partial charge in [-0.25, -0.2) is 9.97 Å². The predicted octanol–water partition coefficient (Wildman–Crippen LogP) is 0.757. The van der Waals surface area contributed by atoms with E-state index in [1.54, 1.807) is 13.2 Å². The highest BCUT2D eigenvalue weighted by Gasteiger charge is 2.16. The summed E-state index contributed by atoms with van der Waals surface area (Å²) in [5.74, 6) is 6.19. The van der Waals surface area contributed by atoms with Gasteiger partial charge in [0, 0.05) is 24.7 Å². The first-order valence-corrected chi connectivity index (χ1v) is 6.53. The van der Waals surface area contributed by atoms with E-state index in [1.165, 1.54) is 6.33 Å². The van der Waals surface area contributed by atoms with Gasteiger partial charge in [-0.05, 0) is 19.9 Å². The normalized spacial score (nSPS) is 12.4. The number of hydrazine groups is 1. The van der Waals surface area contributed by atoms with Crippen LogP contribution in [0.5, 0.6) is 5.88 Å². The van der Waals surface area contributed by atoms with Crippen molar-refractivity contribution in [2.75, 3.05) is 7.11 Å². The first-order valence-electron chi connectivity index (χ1n) is 6.53. The maximum absolute atomic E-state index is 5.66. The van der Waals surface area contributed by atoms with Crippen molar-refractivity contribution in [3.63, 3.8) is 0 Å². The van der Waals surface area contributed by atoms with Crippen LogP contribution in [0.2, 0.25) is 0 Å². The summed E-state index contributed by atoms with van der Waals surface area (Å²) < 4.78 is 7.08. The molecule has 7 heteroatoms. The topological polar surface area (TPSA) is 90.9 Å². The van der Waals surface area contributed by atoms with Crippen LogP contribution >= 0.6 is 0 Å². The van der Waals surface area contributed by atoms with Crippen LogP contribution < -0.4 is 16.0 Å². The van der Waals surface area contributed by atoms with Crippen molar-refractivity contribution in [2.24, 2.45) is 5.84 Å². The Morgan fingerprint density at radius 1 is 1.40 bits per heavy atom. The molecule has 0 aliphatic heterocycles. The minimum absolute atomic E-state index is 0.117. The molecule has 0 aromatic carbocycles. The third-order valence-electron chi connectivity index (χ3n) is 3.13. The first-order chi connectivity index (χ1) is 9.67. The highest BCUT2D eigenvalue weighted by Crippen LogP contribution is 2.19. The molecule has 0 aliphatic carbocycles. The van der Waals surface area contributed by atoms with Crippen LogP contribution in [0.1, 0.15) is 30.0 Å². The van der Waals surface area contributed by atoms with Gasteiger partial charge in [0.25, 0.3) is 0 Å². The lowest BCUT2D eigenvalue weighted by Gasteiger charge is -2.16. The van der Waals surface area contributed by atoms with Crippen LogP contribution in [0.15, 0.2) is 18.5 Å². The second-order valence-corrected chi connectivity index (χ2v) is 4.50. The number of aryl methyl sites for hydroxylation is 2. The van der Waals surface area contributed by atoms with Crippen molar-refractivity contribution >= 4 is 0 Å². The minimum atomic E-state index is -0.117. The van der Waals surface area contributed by atoms with Crippen LogP contribution in [0.25, 0.3) is 0 Å². The van der Waals surface area contributed by atoms with Gasteiger partial charge in [0.15, 0.2) is 0 Å². The fourth-order valence-electron chi connectivity index (χ4n) is 2.15. The van der Waals surface area contributed by atoms with E-state index in [-0.39, 0.29) is 6.04 Å². The van der Waals surface area contributed by atoms with Crippen molar-refractivity contribution in [1.29, 1.82) is 0 Å². The maximum Gasteiger partial charge on any atom is 0.216 e. The second kappa shape index (κ2) is 6.44. The van der Waals surface area contributed by atoms with Gasteiger partial charge < -0.3 is 4.74 Å². The van der Waals surface area contributed by atoms with Crippen molar-refractivity contribution in [2.45, 2.75) is 32.9 Å². The number of aromatic nitrogens is 4. The molecule has 0 fully saturated rings. The zero-order valence-corrected chi connectivity index (χ0v) is 12.0. The summed E-state index contributed by atoms with van der Waals surface area (Å²) in [5.41, 5.74) is 5.70. The van der Waals surface area contributed by atoms with Crippen molar-refractivity contribution < 1.29 is 4.74 Å². The summed E-state index contributed by atoms with van der Waals surface area (Å²) >= 11 is 0. The Morgan fingerprint density at radius 2 is 2.20 bits per heavy atom. The van der Waals surface area contributed by atoms with Gasteiger partial charge in [0.1, 0.15) is 6.33 Å². The van der Waals surface area contributed by atoms with E-state index in [2.05, 4.69) is 33.5 Å². The second-order valence-electron chi connectivity index (χ2n) is 4.50. The molecule has 2 heterocycles. The van der Waals surface area contributed by atoms with E-state index in [9.17, 15) is 0 Å². The quantitative estimate of drug-likeness (QED) is 0.598. The Balaban J connectivity index is 2.23. The number of hydrogen-bond acceptors (Lipinski definition) is 6. The number of rotatable bonds is 6. The highest BCUT2D eigenvalue weighted by molar-refractivity contribution is 5.19. The molecule has 0 spiro atoms. The molecule has 0 radical (unpaired) electrons. The average molecular weight is 276 g/mol. The zero-order valence-electron chi connectivity index (χ0n) is 12.0. The molecular formula is C13H20N6O. The summed E-state index contributed by atoms with van der Waals surface area (Å²) in [6.07, 6.45) is 2.17. The Labute approximate surface area is 118 Å².